The second-order valence-electron chi connectivity index (χ2n) is 4.98. The first-order valence-corrected chi connectivity index (χ1v) is 6.98. The standard InChI is InChI=1S/C15H19N5O/c1-21-13-3-5-15(18-11-13)20-8-6-19(7-9-20)14-4-2-12(16)10-17-14/h2-5,10-11H,6-9,16H2,1H3. The second kappa shape index (κ2) is 5.87. The molecule has 1 aliphatic rings. The minimum absolute atomic E-state index is 0.694. The third-order valence-electron chi connectivity index (χ3n) is 3.65. The van der Waals surface area contributed by atoms with Gasteiger partial charge in [0.15, 0.2) is 0 Å². The number of pyridine rings is 2. The van der Waals surface area contributed by atoms with E-state index in [1.165, 1.54) is 0 Å². The molecule has 110 valence electrons. The molecule has 0 aromatic carbocycles. The summed E-state index contributed by atoms with van der Waals surface area (Å²) in [7, 11) is 1.65. The summed E-state index contributed by atoms with van der Waals surface area (Å²) in [6.07, 6.45) is 3.45. The van der Waals surface area contributed by atoms with Crippen molar-refractivity contribution in [3.05, 3.63) is 36.7 Å². The summed E-state index contributed by atoms with van der Waals surface area (Å²) in [6.45, 7) is 3.69. The first kappa shape index (κ1) is 13.5. The minimum atomic E-state index is 0.694. The Labute approximate surface area is 124 Å². The van der Waals surface area contributed by atoms with Crippen LogP contribution in [-0.2, 0) is 0 Å². The van der Waals surface area contributed by atoms with E-state index < -0.39 is 0 Å². The lowest BCUT2D eigenvalue weighted by Crippen LogP contribution is -2.47. The average molecular weight is 285 g/mol. The molecule has 0 bridgehead atoms. The normalized spacial score (nSPS) is 15.1. The molecule has 0 radical (unpaired) electrons. The fourth-order valence-corrected chi connectivity index (χ4v) is 2.43. The van der Waals surface area contributed by atoms with E-state index in [1.807, 2.05) is 24.3 Å². The SMILES string of the molecule is COc1ccc(N2CCN(c3ccc(N)cn3)CC2)nc1. The lowest BCUT2D eigenvalue weighted by molar-refractivity contribution is 0.413. The topological polar surface area (TPSA) is 67.5 Å². The predicted octanol–water partition coefficient (Wildman–Crippen LogP) is 1.39. The van der Waals surface area contributed by atoms with Crippen LogP contribution >= 0.6 is 0 Å². The summed E-state index contributed by atoms with van der Waals surface area (Å²) in [5.74, 6) is 2.75. The Morgan fingerprint density at radius 3 is 1.90 bits per heavy atom. The number of ether oxygens (including phenoxy) is 1. The molecule has 1 aliphatic heterocycles. The van der Waals surface area contributed by atoms with E-state index in [9.17, 15) is 0 Å². The summed E-state index contributed by atoms with van der Waals surface area (Å²) < 4.78 is 5.13. The third kappa shape index (κ3) is 2.99. The molecule has 0 aliphatic carbocycles. The zero-order chi connectivity index (χ0) is 14.7. The van der Waals surface area contributed by atoms with Crippen molar-refractivity contribution >= 4 is 17.3 Å². The number of nitrogens with two attached hydrogens (primary N) is 1. The van der Waals surface area contributed by atoms with Crippen LogP contribution in [0.5, 0.6) is 5.75 Å². The molecule has 2 aromatic rings. The Balaban J connectivity index is 1.62. The van der Waals surface area contributed by atoms with E-state index in [2.05, 4.69) is 19.8 Å². The first-order chi connectivity index (χ1) is 10.3. The maximum atomic E-state index is 5.67. The molecule has 3 heterocycles. The van der Waals surface area contributed by atoms with Gasteiger partial charge in [0.05, 0.1) is 25.2 Å². The van der Waals surface area contributed by atoms with Gasteiger partial charge in [-0.25, -0.2) is 9.97 Å². The van der Waals surface area contributed by atoms with Gasteiger partial charge in [-0.15, -0.1) is 0 Å². The zero-order valence-corrected chi connectivity index (χ0v) is 12.1. The maximum absolute atomic E-state index is 5.67. The Morgan fingerprint density at radius 2 is 1.48 bits per heavy atom. The fraction of sp³-hybridized carbons (Fsp3) is 0.333. The van der Waals surface area contributed by atoms with Gasteiger partial charge in [-0.1, -0.05) is 0 Å². The number of nitrogen functional groups attached to an aromatic ring is 1. The quantitative estimate of drug-likeness (QED) is 0.919. The molecule has 6 heteroatoms. The summed E-state index contributed by atoms with van der Waals surface area (Å²) in [4.78, 5) is 13.3. The largest absolute Gasteiger partial charge is 0.495 e. The van der Waals surface area contributed by atoms with Crippen molar-refractivity contribution in [1.29, 1.82) is 0 Å². The molecule has 6 nitrogen and oxygen atoms in total. The zero-order valence-electron chi connectivity index (χ0n) is 12.1. The van der Waals surface area contributed by atoms with E-state index in [0.29, 0.717) is 5.69 Å². The van der Waals surface area contributed by atoms with Gasteiger partial charge in [0.1, 0.15) is 17.4 Å². The summed E-state index contributed by atoms with van der Waals surface area (Å²) in [5.41, 5.74) is 6.36. The van der Waals surface area contributed by atoms with Crippen LogP contribution in [0, 0.1) is 0 Å². The summed E-state index contributed by atoms with van der Waals surface area (Å²) >= 11 is 0. The number of rotatable bonds is 3. The van der Waals surface area contributed by atoms with Crippen LogP contribution in [0.3, 0.4) is 0 Å². The van der Waals surface area contributed by atoms with Crippen molar-refractivity contribution in [3.63, 3.8) is 0 Å². The van der Waals surface area contributed by atoms with Crippen LogP contribution in [-0.4, -0.2) is 43.3 Å². The fourth-order valence-electron chi connectivity index (χ4n) is 2.43. The van der Waals surface area contributed by atoms with Gasteiger partial charge in [0.25, 0.3) is 0 Å². The van der Waals surface area contributed by atoms with Gasteiger partial charge < -0.3 is 20.3 Å². The van der Waals surface area contributed by atoms with E-state index in [-0.39, 0.29) is 0 Å². The second-order valence-corrected chi connectivity index (χ2v) is 4.98. The van der Waals surface area contributed by atoms with Gasteiger partial charge >= 0.3 is 0 Å². The van der Waals surface area contributed by atoms with E-state index >= 15 is 0 Å². The number of piperazine rings is 1. The highest BCUT2D eigenvalue weighted by Gasteiger charge is 2.18. The molecule has 1 fully saturated rings. The lowest BCUT2D eigenvalue weighted by Gasteiger charge is -2.36. The van der Waals surface area contributed by atoms with Crippen LogP contribution in [0.2, 0.25) is 0 Å². The van der Waals surface area contributed by atoms with Gasteiger partial charge in [-0.05, 0) is 24.3 Å². The molecule has 3 rings (SSSR count). The molecule has 2 N–H and O–H groups in total. The molecule has 21 heavy (non-hydrogen) atoms. The molecule has 2 aromatic heterocycles. The van der Waals surface area contributed by atoms with Crippen LogP contribution in [0.4, 0.5) is 17.3 Å². The van der Waals surface area contributed by atoms with Crippen LogP contribution < -0.4 is 20.3 Å². The number of hydrogen-bond acceptors (Lipinski definition) is 6. The van der Waals surface area contributed by atoms with E-state index in [1.54, 1.807) is 19.5 Å². The highest BCUT2D eigenvalue weighted by Crippen LogP contribution is 2.19. The number of anilines is 3. The van der Waals surface area contributed by atoms with Crippen molar-refractivity contribution in [2.24, 2.45) is 0 Å². The lowest BCUT2D eigenvalue weighted by atomic mass is 10.3. The Kier molecular flexibility index (Phi) is 3.77. The minimum Gasteiger partial charge on any atom is -0.495 e. The molecule has 0 unspecified atom stereocenters. The summed E-state index contributed by atoms with van der Waals surface area (Å²) in [5, 5.41) is 0. The number of aromatic nitrogens is 2. The smallest absolute Gasteiger partial charge is 0.137 e. The predicted molar refractivity (Wildman–Crippen MR) is 83.9 cm³/mol. The van der Waals surface area contributed by atoms with Crippen molar-refractivity contribution in [2.45, 2.75) is 0 Å². The third-order valence-corrected chi connectivity index (χ3v) is 3.65. The van der Waals surface area contributed by atoms with Gasteiger partial charge in [-0.2, -0.15) is 0 Å². The Hall–Kier alpha value is -2.50. The van der Waals surface area contributed by atoms with Crippen molar-refractivity contribution in [2.75, 3.05) is 48.8 Å². The number of nitrogens with zero attached hydrogens (tertiary/aromatic N) is 4. The number of methoxy groups -OCH3 is 1. The first-order valence-electron chi connectivity index (χ1n) is 6.98. The summed E-state index contributed by atoms with van der Waals surface area (Å²) in [6, 6.07) is 7.79. The molecule has 0 saturated carbocycles. The van der Waals surface area contributed by atoms with Crippen molar-refractivity contribution in [3.8, 4) is 5.75 Å². The molecule has 0 spiro atoms. The van der Waals surface area contributed by atoms with E-state index in [4.69, 9.17) is 10.5 Å². The van der Waals surface area contributed by atoms with Crippen LogP contribution in [0.1, 0.15) is 0 Å². The molecule has 1 saturated heterocycles. The maximum Gasteiger partial charge on any atom is 0.137 e. The molecule has 0 amide bonds. The van der Waals surface area contributed by atoms with Gasteiger partial charge in [0.2, 0.25) is 0 Å². The highest BCUT2D eigenvalue weighted by molar-refractivity contribution is 5.48. The van der Waals surface area contributed by atoms with Crippen molar-refractivity contribution in [1.82, 2.24) is 9.97 Å². The molecular formula is C15H19N5O. The Bertz CT molecular complexity index is 576. The van der Waals surface area contributed by atoms with Crippen LogP contribution in [0.25, 0.3) is 0 Å². The monoisotopic (exact) mass is 285 g/mol. The highest BCUT2D eigenvalue weighted by atomic mass is 16.5. The molecule has 0 atom stereocenters. The Morgan fingerprint density at radius 1 is 0.905 bits per heavy atom. The van der Waals surface area contributed by atoms with Gasteiger partial charge in [0, 0.05) is 26.2 Å². The number of hydrogen-bond donors (Lipinski definition) is 1. The molecular weight excluding hydrogens is 266 g/mol. The van der Waals surface area contributed by atoms with Crippen LogP contribution in [0.15, 0.2) is 36.7 Å². The average Bonchev–Trinajstić information content (AvgIpc) is 2.56. The van der Waals surface area contributed by atoms with Gasteiger partial charge in [-0.3, -0.25) is 0 Å². The van der Waals surface area contributed by atoms with E-state index in [0.717, 1.165) is 43.6 Å². The van der Waals surface area contributed by atoms with Crippen molar-refractivity contribution < 1.29 is 4.74 Å².